The van der Waals surface area contributed by atoms with Crippen molar-refractivity contribution < 1.29 is 54.4 Å². The van der Waals surface area contributed by atoms with Crippen molar-refractivity contribution in [3.8, 4) is 5.75 Å². The highest BCUT2D eigenvalue weighted by Gasteiger charge is 2.49. The number of esters is 1. The Balaban J connectivity index is 1.40. The van der Waals surface area contributed by atoms with E-state index in [1.54, 1.807) is 18.2 Å². The Morgan fingerprint density at radius 1 is 1.03 bits per heavy atom. The van der Waals surface area contributed by atoms with Crippen LogP contribution in [0.3, 0.4) is 0 Å². The molecule has 0 amide bonds. The molecule has 1 saturated heterocycles. The highest BCUT2D eigenvalue weighted by Crippen LogP contribution is 2.41. The second-order valence-electron chi connectivity index (χ2n) is 8.53. The van der Waals surface area contributed by atoms with Gasteiger partial charge in [-0.2, -0.15) is 0 Å². The fourth-order valence-corrected chi connectivity index (χ4v) is 4.31. The molecule has 11 nitrogen and oxygen atoms in total. The first kappa shape index (κ1) is 25.3. The maximum Gasteiger partial charge on any atom is 0.331 e. The van der Waals surface area contributed by atoms with E-state index in [0.29, 0.717) is 11.1 Å². The lowest BCUT2D eigenvalue weighted by Gasteiger charge is -2.42. The predicted octanol–water partition coefficient (Wildman–Crippen LogP) is -0.832. The molecule has 190 valence electrons. The van der Waals surface area contributed by atoms with Crippen molar-refractivity contribution in [2.75, 3.05) is 13.2 Å². The summed E-state index contributed by atoms with van der Waals surface area (Å²) in [6.07, 6.45) is -2.08. The van der Waals surface area contributed by atoms with Gasteiger partial charge < -0.3 is 49.6 Å². The number of aliphatic hydroxyl groups excluding tert-OH is 5. The van der Waals surface area contributed by atoms with Crippen LogP contribution in [0, 0.1) is 11.8 Å². The Morgan fingerprint density at radius 3 is 2.49 bits per heavy atom. The van der Waals surface area contributed by atoms with Crippen LogP contribution >= 0.6 is 0 Å². The highest BCUT2D eigenvalue weighted by molar-refractivity contribution is 5.87. The summed E-state index contributed by atoms with van der Waals surface area (Å²) in [6, 6.07) is 6.24. The lowest BCUT2D eigenvalue weighted by molar-refractivity contribution is -0.339. The van der Waals surface area contributed by atoms with Crippen LogP contribution in [-0.2, 0) is 23.7 Å². The van der Waals surface area contributed by atoms with Gasteiger partial charge >= 0.3 is 5.97 Å². The molecule has 0 unspecified atom stereocenters. The maximum atomic E-state index is 12.2. The number of aliphatic hydroxyl groups is 5. The Bertz CT molecular complexity index is 970. The largest absolute Gasteiger partial charge is 0.508 e. The minimum absolute atomic E-state index is 0.107. The van der Waals surface area contributed by atoms with Crippen LogP contribution in [0.4, 0.5) is 0 Å². The summed E-state index contributed by atoms with van der Waals surface area (Å²) < 4.78 is 22.0. The molecular formula is C24H28O11. The molecule has 0 bridgehead atoms. The number of fused-ring (bicyclic) bond motifs is 1. The van der Waals surface area contributed by atoms with Crippen molar-refractivity contribution >= 4 is 12.0 Å². The number of aromatic hydroxyl groups is 1. The Hall–Kier alpha value is -2.77. The highest BCUT2D eigenvalue weighted by atomic mass is 16.8. The number of rotatable bonds is 7. The van der Waals surface area contributed by atoms with Crippen molar-refractivity contribution in [1.29, 1.82) is 0 Å². The second-order valence-corrected chi connectivity index (χ2v) is 8.53. The Labute approximate surface area is 200 Å². The summed E-state index contributed by atoms with van der Waals surface area (Å²) in [6.45, 7) is -0.775. The standard InChI is InChI=1S/C24H28O11/c25-10-17-20(29)21(30)22(31)24(34-17)35-23-19-13(9-16(27)15(19)7-8-32-23)11-33-18(28)6-3-12-1-4-14(26)5-2-12/h1-9,15-17,19-27,29-31H,10-11H2/t15-,16+,17+,19-,20+,21-,22+,23-,24-/m0/s1. The van der Waals surface area contributed by atoms with Gasteiger partial charge in [-0.15, -0.1) is 0 Å². The van der Waals surface area contributed by atoms with E-state index in [4.69, 9.17) is 18.9 Å². The molecule has 9 atom stereocenters. The Kier molecular flexibility index (Phi) is 7.87. The molecule has 35 heavy (non-hydrogen) atoms. The Morgan fingerprint density at radius 2 is 1.77 bits per heavy atom. The summed E-state index contributed by atoms with van der Waals surface area (Å²) in [5, 5.41) is 59.4. The number of benzene rings is 1. The van der Waals surface area contributed by atoms with E-state index < -0.39 is 67.5 Å². The third kappa shape index (κ3) is 5.57. The monoisotopic (exact) mass is 492 g/mol. The number of hydrogen-bond acceptors (Lipinski definition) is 11. The van der Waals surface area contributed by atoms with Crippen LogP contribution in [-0.4, -0.2) is 92.9 Å². The van der Waals surface area contributed by atoms with Gasteiger partial charge in [-0.05, 0) is 35.4 Å². The molecule has 1 aromatic rings. The van der Waals surface area contributed by atoms with Crippen LogP contribution in [0.1, 0.15) is 5.56 Å². The SMILES string of the molecule is O=C(C=Cc1ccc(O)cc1)OCC1=C[C@@H](O)[C@@H]2C=CO[C@@H](O[C@@H]3O[C@H](CO)[C@@H](O)[C@H](O)[C@H]3O)[C@@H]12. The zero-order valence-electron chi connectivity index (χ0n) is 18.5. The maximum absolute atomic E-state index is 12.2. The number of hydrogen-bond donors (Lipinski definition) is 6. The zero-order valence-corrected chi connectivity index (χ0v) is 18.5. The van der Waals surface area contributed by atoms with E-state index in [1.165, 1.54) is 36.6 Å². The van der Waals surface area contributed by atoms with E-state index in [0.717, 1.165) is 0 Å². The summed E-state index contributed by atoms with van der Waals surface area (Å²) in [5.74, 6) is -1.58. The molecule has 0 spiro atoms. The van der Waals surface area contributed by atoms with Crippen LogP contribution in [0.15, 0.2) is 54.3 Å². The summed E-state index contributed by atoms with van der Waals surface area (Å²) in [4.78, 5) is 12.2. The number of carbonyl (C=O) groups is 1. The molecule has 0 aromatic heterocycles. The summed E-state index contributed by atoms with van der Waals surface area (Å²) >= 11 is 0. The fourth-order valence-electron chi connectivity index (χ4n) is 4.31. The first-order valence-corrected chi connectivity index (χ1v) is 11.1. The van der Waals surface area contributed by atoms with E-state index in [1.807, 2.05) is 0 Å². The van der Waals surface area contributed by atoms with Gasteiger partial charge in [0.1, 0.15) is 36.8 Å². The minimum Gasteiger partial charge on any atom is -0.508 e. The zero-order chi connectivity index (χ0) is 25.1. The lowest BCUT2D eigenvalue weighted by atomic mass is 9.88. The van der Waals surface area contributed by atoms with Gasteiger partial charge in [0.05, 0.1) is 24.9 Å². The molecule has 2 heterocycles. The van der Waals surface area contributed by atoms with Gasteiger partial charge in [0, 0.05) is 12.0 Å². The fraction of sp³-hybridized carbons (Fsp3) is 0.458. The summed E-state index contributed by atoms with van der Waals surface area (Å²) in [5.41, 5.74) is 1.21. The van der Waals surface area contributed by atoms with Gasteiger partial charge in [0.25, 0.3) is 0 Å². The number of phenols is 1. The molecule has 1 fully saturated rings. The van der Waals surface area contributed by atoms with E-state index in [2.05, 4.69) is 0 Å². The average Bonchev–Trinajstić information content (AvgIpc) is 3.19. The van der Waals surface area contributed by atoms with Crippen LogP contribution in [0.25, 0.3) is 6.08 Å². The van der Waals surface area contributed by atoms with Gasteiger partial charge in [-0.1, -0.05) is 18.2 Å². The predicted molar refractivity (Wildman–Crippen MR) is 118 cm³/mol. The number of phenolic OH excluding ortho intramolecular Hbond substituents is 1. The van der Waals surface area contributed by atoms with Crippen molar-refractivity contribution in [3.63, 3.8) is 0 Å². The van der Waals surface area contributed by atoms with Crippen molar-refractivity contribution in [3.05, 3.63) is 59.9 Å². The first-order chi connectivity index (χ1) is 16.8. The quantitative estimate of drug-likeness (QED) is 0.159. The molecule has 4 rings (SSSR count). The third-order valence-corrected chi connectivity index (χ3v) is 6.23. The molecule has 1 aliphatic carbocycles. The normalized spacial score (nSPS) is 36.5. The van der Waals surface area contributed by atoms with Crippen LogP contribution in [0.5, 0.6) is 5.75 Å². The molecule has 1 aromatic carbocycles. The van der Waals surface area contributed by atoms with Crippen LogP contribution in [0.2, 0.25) is 0 Å². The van der Waals surface area contributed by atoms with Crippen molar-refractivity contribution in [2.24, 2.45) is 11.8 Å². The average molecular weight is 492 g/mol. The second kappa shape index (κ2) is 10.9. The third-order valence-electron chi connectivity index (χ3n) is 6.23. The molecule has 0 saturated carbocycles. The summed E-state index contributed by atoms with van der Waals surface area (Å²) in [7, 11) is 0. The van der Waals surface area contributed by atoms with Crippen molar-refractivity contribution in [2.45, 2.75) is 43.1 Å². The number of ether oxygens (including phenoxy) is 4. The van der Waals surface area contributed by atoms with Crippen LogP contribution < -0.4 is 0 Å². The van der Waals surface area contributed by atoms with Gasteiger partial charge in [0.15, 0.2) is 6.29 Å². The van der Waals surface area contributed by atoms with E-state index >= 15 is 0 Å². The topological polar surface area (TPSA) is 175 Å². The molecular weight excluding hydrogens is 464 g/mol. The lowest BCUT2D eigenvalue weighted by Crippen LogP contribution is -2.60. The van der Waals surface area contributed by atoms with E-state index in [9.17, 15) is 35.4 Å². The molecule has 0 radical (unpaired) electrons. The molecule has 6 N–H and O–H groups in total. The van der Waals surface area contributed by atoms with Gasteiger partial charge in [0.2, 0.25) is 6.29 Å². The van der Waals surface area contributed by atoms with Gasteiger partial charge in [-0.25, -0.2) is 4.79 Å². The molecule has 3 aliphatic rings. The number of carbonyl (C=O) groups excluding carboxylic acids is 1. The van der Waals surface area contributed by atoms with Crippen molar-refractivity contribution in [1.82, 2.24) is 0 Å². The molecule has 2 aliphatic heterocycles. The molecule has 11 heteroatoms. The van der Waals surface area contributed by atoms with E-state index in [-0.39, 0.29) is 12.4 Å². The minimum atomic E-state index is -1.62. The van der Waals surface area contributed by atoms with Gasteiger partial charge in [-0.3, -0.25) is 0 Å². The smallest absolute Gasteiger partial charge is 0.331 e. The first-order valence-electron chi connectivity index (χ1n) is 11.1.